The van der Waals surface area contributed by atoms with E-state index < -0.39 is 11.6 Å². The number of aliphatic carboxylic acids is 1. The molecule has 1 aromatic carbocycles. The number of hydrogen-bond acceptors (Lipinski definition) is 3. The molecule has 3 rings (SSSR count). The van der Waals surface area contributed by atoms with Crippen LogP contribution in [-0.2, 0) is 17.8 Å². The van der Waals surface area contributed by atoms with Gasteiger partial charge in [0.2, 0.25) is 0 Å². The largest absolute Gasteiger partial charge is 0.478 e. The Hall–Kier alpha value is -2.82. The molecule has 0 bridgehead atoms. The predicted molar refractivity (Wildman–Crippen MR) is 102 cm³/mol. The van der Waals surface area contributed by atoms with E-state index in [1.54, 1.807) is 26.2 Å². The first-order valence-corrected chi connectivity index (χ1v) is 8.84. The van der Waals surface area contributed by atoms with E-state index in [4.69, 9.17) is 4.74 Å². The van der Waals surface area contributed by atoms with Crippen LogP contribution in [0.15, 0.2) is 48.9 Å². The number of aryl methyl sites for hydroxylation is 1. The molecule has 2 aromatic heterocycles. The molecule has 0 unspecified atom stereocenters. The summed E-state index contributed by atoms with van der Waals surface area (Å²) in [5, 5.41) is 10.4. The molecule has 0 aliphatic rings. The van der Waals surface area contributed by atoms with Crippen molar-refractivity contribution < 1.29 is 14.6 Å². The molecule has 2 heterocycles. The second-order valence-corrected chi connectivity index (χ2v) is 6.98. The number of rotatable bonds is 7. The fourth-order valence-corrected chi connectivity index (χ4v) is 3.04. The Morgan fingerprint density at radius 2 is 1.96 bits per heavy atom. The number of carboxylic acids is 1. The monoisotopic (exact) mass is 352 g/mol. The number of carboxylic acid groups (broad SMARTS) is 1. The molecule has 0 saturated heterocycles. The highest BCUT2D eigenvalue weighted by molar-refractivity contribution is 5.86. The van der Waals surface area contributed by atoms with E-state index in [0.717, 1.165) is 30.3 Å². The van der Waals surface area contributed by atoms with Gasteiger partial charge >= 0.3 is 5.97 Å². The van der Waals surface area contributed by atoms with Gasteiger partial charge in [0.15, 0.2) is 5.60 Å². The summed E-state index contributed by atoms with van der Waals surface area (Å²) in [4.78, 5) is 15.4. The van der Waals surface area contributed by atoms with Gasteiger partial charge < -0.3 is 14.4 Å². The van der Waals surface area contributed by atoms with E-state index in [0.29, 0.717) is 5.75 Å². The fraction of sp³-hybridized carbons (Fsp3) is 0.333. The van der Waals surface area contributed by atoms with Crippen molar-refractivity contribution in [2.75, 3.05) is 0 Å². The van der Waals surface area contributed by atoms with Gasteiger partial charge in [0.25, 0.3) is 0 Å². The van der Waals surface area contributed by atoms with Crippen molar-refractivity contribution in [3.05, 3.63) is 60.0 Å². The van der Waals surface area contributed by atoms with Crippen molar-refractivity contribution in [2.45, 2.75) is 45.8 Å². The molecule has 0 amide bonds. The van der Waals surface area contributed by atoms with Crippen LogP contribution >= 0.6 is 0 Å². The van der Waals surface area contributed by atoms with Crippen LogP contribution in [0.3, 0.4) is 0 Å². The summed E-state index contributed by atoms with van der Waals surface area (Å²) < 4.78 is 7.97. The molecule has 0 atom stereocenters. The van der Waals surface area contributed by atoms with Crippen LogP contribution in [0.1, 0.15) is 38.3 Å². The quantitative estimate of drug-likeness (QED) is 0.689. The average molecular weight is 352 g/mol. The van der Waals surface area contributed by atoms with E-state index in [2.05, 4.69) is 22.7 Å². The molecule has 0 fully saturated rings. The molecule has 0 aliphatic carbocycles. The van der Waals surface area contributed by atoms with Gasteiger partial charge in [-0.15, -0.1) is 0 Å². The van der Waals surface area contributed by atoms with Crippen LogP contribution in [0.2, 0.25) is 0 Å². The Balaban J connectivity index is 2.02. The van der Waals surface area contributed by atoms with Gasteiger partial charge in [0.05, 0.1) is 0 Å². The standard InChI is InChI=1S/C21H24N2O3/c1-4-11-23-14-16(12-15-7-9-22-10-8-15)18-13-17(5-6-19(18)23)26-21(2,3)20(24)25/h5-10,13-14H,4,11-12H2,1-3H3,(H,24,25). The summed E-state index contributed by atoms with van der Waals surface area (Å²) in [5.74, 6) is -0.423. The summed E-state index contributed by atoms with van der Waals surface area (Å²) in [7, 11) is 0. The number of pyridine rings is 1. The molecular weight excluding hydrogens is 328 g/mol. The summed E-state index contributed by atoms with van der Waals surface area (Å²) in [5.41, 5.74) is 2.24. The van der Waals surface area contributed by atoms with Crippen LogP contribution in [0.5, 0.6) is 5.75 Å². The lowest BCUT2D eigenvalue weighted by atomic mass is 10.0. The third-order valence-corrected chi connectivity index (χ3v) is 4.43. The van der Waals surface area contributed by atoms with Gasteiger partial charge in [-0.1, -0.05) is 6.92 Å². The zero-order valence-corrected chi connectivity index (χ0v) is 15.4. The molecular formula is C21H24N2O3. The molecule has 3 aromatic rings. The van der Waals surface area contributed by atoms with E-state index in [9.17, 15) is 9.90 Å². The van der Waals surface area contributed by atoms with Crippen molar-refractivity contribution in [2.24, 2.45) is 0 Å². The first kappa shape index (κ1) is 18.0. The zero-order valence-electron chi connectivity index (χ0n) is 15.4. The second-order valence-electron chi connectivity index (χ2n) is 6.98. The van der Waals surface area contributed by atoms with Crippen LogP contribution in [-0.4, -0.2) is 26.2 Å². The lowest BCUT2D eigenvalue weighted by Gasteiger charge is -2.21. The molecule has 0 saturated carbocycles. The average Bonchev–Trinajstić information content (AvgIpc) is 2.93. The minimum absolute atomic E-state index is 0.565. The van der Waals surface area contributed by atoms with Crippen LogP contribution in [0, 0.1) is 0 Å². The smallest absolute Gasteiger partial charge is 0.347 e. The van der Waals surface area contributed by atoms with Crippen LogP contribution in [0.4, 0.5) is 0 Å². The highest BCUT2D eigenvalue weighted by Crippen LogP contribution is 2.30. The van der Waals surface area contributed by atoms with E-state index in [-0.39, 0.29) is 0 Å². The zero-order chi connectivity index (χ0) is 18.7. The van der Waals surface area contributed by atoms with Gasteiger partial charge in [0, 0.05) is 36.0 Å². The number of ether oxygens (including phenoxy) is 1. The number of benzene rings is 1. The molecule has 0 radical (unpaired) electrons. The van der Waals surface area contributed by atoms with Crippen molar-refractivity contribution >= 4 is 16.9 Å². The molecule has 0 spiro atoms. The highest BCUT2D eigenvalue weighted by Gasteiger charge is 2.29. The van der Waals surface area contributed by atoms with Gasteiger partial charge in [-0.05, 0) is 68.1 Å². The molecule has 26 heavy (non-hydrogen) atoms. The predicted octanol–water partition coefficient (Wildman–Crippen LogP) is 4.28. The van der Waals surface area contributed by atoms with Crippen LogP contribution in [0.25, 0.3) is 10.9 Å². The van der Waals surface area contributed by atoms with Gasteiger partial charge in [0.1, 0.15) is 5.75 Å². The summed E-state index contributed by atoms with van der Waals surface area (Å²) in [6, 6.07) is 9.82. The maximum atomic E-state index is 11.4. The SMILES string of the molecule is CCCn1cc(Cc2ccncc2)c2cc(OC(C)(C)C(=O)O)ccc21. The van der Waals surface area contributed by atoms with Gasteiger partial charge in [-0.3, -0.25) is 4.98 Å². The number of carbonyl (C=O) groups is 1. The molecule has 5 heteroatoms. The van der Waals surface area contributed by atoms with E-state index in [1.807, 2.05) is 30.3 Å². The third kappa shape index (κ3) is 3.72. The summed E-state index contributed by atoms with van der Waals surface area (Å²) >= 11 is 0. The topological polar surface area (TPSA) is 64.4 Å². The Labute approximate surface area is 153 Å². The Bertz CT molecular complexity index is 914. The first-order valence-electron chi connectivity index (χ1n) is 8.84. The number of nitrogens with zero attached hydrogens (tertiary/aromatic N) is 2. The molecule has 136 valence electrons. The third-order valence-electron chi connectivity index (χ3n) is 4.43. The second kappa shape index (κ2) is 7.20. The van der Waals surface area contributed by atoms with Crippen molar-refractivity contribution in [1.29, 1.82) is 0 Å². The van der Waals surface area contributed by atoms with E-state index in [1.165, 1.54) is 11.1 Å². The number of aromatic nitrogens is 2. The van der Waals surface area contributed by atoms with Crippen molar-refractivity contribution in [1.82, 2.24) is 9.55 Å². The molecule has 0 aliphatic heterocycles. The maximum absolute atomic E-state index is 11.4. The number of fused-ring (bicyclic) bond motifs is 1. The molecule has 1 N–H and O–H groups in total. The lowest BCUT2D eigenvalue weighted by Crippen LogP contribution is -2.37. The lowest BCUT2D eigenvalue weighted by molar-refractivity contribution is -0.152. The fourth-order valence-electron chi connectivity index (χ4n) is 3.04. The van der Waals surface area contributed by atoms with E-state index >= 15 is 0 Å². The minimum Gasteiger partial charge on any atom is -0.478 e. The Morgan fingerprint density at radius 3 is 2.62 bits per heavy atom. The van der Waals surface area contributed by atoms with Crippen molar-refractivity contribution in [3.8, 4) is 5.75 Å². The highest BCUT2D eigenvalue weighted by atomic mass is 16.5. The normalized spacial score (nSPS) is 11.7. The maximum Gasteiger partial charge on any atom is 0.347 e. The Kier molecular flexibility index (Phi) is 4.98. The first-order chi connectivity index (χ1) is 12.4. The van der Waals surface area contributed by atoms with Gasteiger partial charge in [-0.2, -0.15) is 0 Å². The van der Waals surface area contributed by atoms with Gasteiger partial charge in [-0.25, -0.2) is 4.79 Å². The minimum atomic E-state index is -1.27. The van der Waals surface area contributed by atoms with Crippen molar-refractivity contribution in [3.63, 3.8) is 0 Å². The molecule has 5 nitrogen and oxygen atoms in total. The Morgan fingerprint density at radius 1 is 1.23 bits per heavy atom. The summed E-state index contributed by atoms with van der Waals surface area (Å²) in [6.07, 6.45) is 7.61. The summed E-state index contributed by atoms with van der Waals surface area (Å²) in [6.45, 7) is 6.20. The number of hydrogen-bond donors (Lipinski definition) is 1. The van der Waals surface area contributed by atoms with Crippen LogP contribution < -0.4 is 4.74 Å².